The number of nitrogens with zero attached hydrogens (tertiary/aromatic N) is 1. The summed E-state index contributed by atoms with van der Waals surface area (Å²) in [4.78, 5) is 38.7. The highest BCUT2D eigenvalue weighted by atomic mass is 16.5. The fourth-order valence-corrected chi connectivity index (χ4v) is 3.25. The van der Waals surface area contributed by atoms with Gasteiger partial charge in [0.05, 0.1) is 31.0 Å². The summed E-state index contributed by atoms with van der Waals surface area (Å²) in [6.45, 7) is 4.12. The monoisotopic (exact) mass is 423 g/mol. The lowest BCUT2D eigenvalue weighted by molar-refractivity contribution is -0.137. The van der Waals surface area contributed by atoms with Gasteiger partial charge in [-0.3, -0.25) is 19.3 Å². The van der Waals surface area contributed by atoms with Gasteiger partial charge in [-0.25, -0.2) is 0 Å². The number of nitrogens with one attached hydrogen (secondary N) is 2. The zero-order chi connectivity index (χ0) is 22.4. The molecule has 8 nitrogen and oxygen atoms in total. The van der Waals surface area contributed by atoms with Crippen LogP contribution in [-0.4, -0.2) is 49.5 Å². The van der Waals surface area contributed by atoms with Gasteiger partial charge in [0.25, 0.3) is 11.8 Å². The molecule has 162 valence electrons. The second-order valence-corrected chi connectivity index (χ2v) is 6.82. The number of hydrogen-bond donors (Lipinski definition) is 2. The van der Waals surface area contributed by atoms with Gasteiger partial charge in [0.2, 0.25) is 5.91 Å². The van der Waals surface area contributed by atoms with Crippen LogP contribution in [0.4, 0.5) is 11.4 Å². The zero-order valence-electron chi connectivity index (χ0n) is 17.7. The lowest BCUT2D eigenvalue weighted by atomic mass is 10.0. The molecule has 0 aliphatic carbocycles. The Hall–Kier alpha value is -3.65. The molecule has 0 fully saturated rings. The number of benzene rings is 2. The first kappa shape index (κ1) is 22.0. The van der Waals surface area contributed by atoms with E-state index in [0.717, 1.165) is 4.90 Å². The van der Waals surface area contributed by atoms with E-state index in [4.69, 9.17) is 9.47 Å². The SMILES string of the molecule is CCOc1ccccc1NC1=C(c2ccc(NC(C)=O)cc2)C(=O)N(CCOC)C1=O. The number of imide groups is 1. The average molecular weight is 423 g/mol. The third-order valence-electron chi connectivity index (χ3n) is 4.63. The molecule has 2 aromatic rings. The van der Waals surface area contributed by atoms with Crippen molar-refractivity contribution in [3.05, 3.63) is 59.8 Å². The molecule has 3 amide bonds. The number of carbonyl (C=O) groups excluding carboxylic acids is 3. The summed E-state index contributed by atoms with van der Waals surface area (Å²) >= 11 is 0. The topological polar surface area (TPSA) is 97.0 Å². The van der Waals surface area contributed by atoms with Crippen molar-refractivity contribution in [2.45, 2.75) is 13.8 Å². The van der Waals surface area contributed by atoms with Crippen molar-refractivity contribution in [2.24, 2.45) is 0 Å². The summed E-state index contributed by atoms with van der Waals surface area (Å²) in [5.41, 5.74) is 2.16. The predicted octanol–water partition coefficient (Wildman–Crippen LogP) is 2.88. The number of carbonyl (C=O) groups is 3. The molecule has 0 aromatic heterocycles. The molecule has 0 radical (unpaired) electrons. The minimum atomic E-state index is -0.436. The van der Waals surface area contributed by atoms with Gasteiger partial charge < -0.3 is 20.1 Å². The molecule has 0 saturated heterocycles. The minimum Gasteiger partial charge on any atom is -0.492 e. The number of rotatable bonds is 9. The van der Waals surface area contributed by atoms with E-state index in [0.29, 0.717) is 29.3 Å². The maximum absolute atomic E-state index is 13.1. The number of anilines is 2. The zero-order valence-corrected chi connectivity index (χ0v) is 17.7. The van der Waals surface area contributed by atoms with Crippen LogP contribution >= 0.6 is 0 Å². The molecular formula is C23H25N3O5. The maximum Gasteiger partial charge on any atom is 0.278 e. The Morgan fingerprint density at radius 2 is 1.74 bits per heavy atom. The fraction of sp³-hybridized carbons (Fsp3) is 0.261. The maximum atomic E-state index is 13.1. The largest absolute Gasteiger partial charge is 0.492 e. The first-order valence-corrected chi connectivity index (χ1v) is 9.92. The quantitative estimate of drug-likeness (QED) is 0.602. The Balaban J connectivity index is 2.02. The molecule has 0 bridgehead atoms. The highest BCUT2D eigenvalue weighted by molar-refractivity contribution is 6.36. The molecular weight excluding hydrogens is 398 g/mol. The van der Waals surface area contributed by atoms with Crippen molar-refractivity contribution < 1.29 is 23.9 Å². The van der Waals surface area contributed by atoms with Gasteiger partial charge in [0.1, 0.15) is 11.4 Å². The van der Waals surface area contributed by atoms with Crippen LogP contribution in [0, 0.1) is 0 Å². The van der Waals surface area contributed by atoms with E-state index in [2.05, 4.69) is 10.6 Å². The van der Waals surface area contributed by atoms with Crippen molar-refractivity contribution in [3.63, 3.8) is 0 Å². The number of hydrogen-bond acceptors (Lipinski definition) is 6. The third kappa shape index (κ3) is 4.92. The van der Waals surface area contributed by atoms with Crippen molar-refractivity contribution in [2.75, 3.05) is 37.5 Å². The molecule has 1 aliphatic rings. The van der Waals surface area contributed by atoms with Gasteiger partial charge in [-0.05, 0) is 36.8 Å². The highest BCUT2D eigenvalue weighted by Crippen LogP contribution is 2.33. The summed E-state index contributed by atoms with van der Waals surface area (Å²) in [7, 11) is 1.51. The number of methoxy groups -OCH3 is 1. The van der Waals surface area contributed by atoms with Crippen LogP contribution in [0.15, 0.2) is 54.2 Å². The second kappa shape index (κ2) is 9.90. The standard InChI is InChI=1S/C23H25N3O5/c1-4-31-19-8-6-5-7-18(19)25-21-20(22(28)26(23(21)29)13-14-30-3)16-9-11-17(12-10-16)24-15(2)27/h5-12,25H,4,13-14H2,1-3H3,(H,24,27). The molecule has 8 heteroatoms. The number of para-hydroxylation sites is 2. The summed E-state index contributed by atoms with van der Waals surface area (Å²) in [5.74, 6) is -0.465. The van der Waals surface area contributed by atoms with Crippen LogP contribution < -0.4 is 15.4 Å². The average Bonchev–Trinajstić information content (AvgIpc) is 2.98. The third-order valence-corrected chi connectivity index (χ3v) is 4.63. The number of amides is 3. The van der Waals surface area contributed by atoms with E-state index in [9.17, 15) is 14.4 Å². The van der Waals surface area contributed by atoms with Gasteiger partial charge in [-0.2, -0.15) is 0 Å². The lowest BCUT2D eigenvalue weighted by Crippen LogP contribution is -2.35. The van der Waals surface area contributed by atoms with E-state index in [-0.39, 0.29) is 30.3 Å². The molecule has 2 N–H and O–H groups in total. The van der Waals surface area contributed by atoms with E-state index >= 15 is 0 Å². The minimum absolute atomic E-state index is 0.139. The van der Waals surface area contributed by atoms with Crippen molar-refractivity contribution in [3.8, 4) is 5.75 Å². The first-order chi connectivity index (χ1) is 15.0. The van der Waals surface area contributed by atoms with Crippen LogP contribution in [-0.2, 0) is 19.1 Å². The van der Waals surface area contributed by atoms with Gasteiger partial charge >= 0.3 is 0 Å². The molecule has 2 aromatic carbocycles. The molecule has 0 atom stereocenters. The summed E-state index contributed by atoms with van der Waals surface area (Å²) < 4.78 is 10.7. The van der Waals surface area contributed by atoms with E-state index in [1.54, 1.807) is 36.4 Å². The molecule has 1 heterocycles. The van der Waals surface area contributed by atoms with E-state index < -0.39 is 11.8 Å². The molecule has 1 aliphatic heterocycles. The second-order valence-electron chi connectivity index (χ2n) is 6.82. The van der Waals surface area contributed by atoms with Gasteiger partial charge in [-0.1, -0.05) is 24.3 Å². The molecule has 0 unspecified atom stereocenters. The van der Waals surface area contributed by atoms with Crippen LogP contribution in [0.2, 0.25) is 0 Å². The van der Waals surface area contributed by atoms with Crippen molar-refractivity contribution in [1.29, 1.82) is 0 Å². The van der Waals surface area contributed by atoms with Gasteiger partial charge in [0.15, 0.2) is 0 Å². The van der Waals surface area contributed by atoms with Crippen molar-refractivity contribution >= 4 is 34.7 Å². The first-order valence-electron chi connectivity index (χ1n) is 9.92. The predicted molar refractivity (Wildman–Crippen MR) is 117 cm³/mol. The van der Waals surface area contributed by atoms with Crippen LogP contribution in [0.25, 0.3) is 5.57 Å². The highest BCUT2D eigenvalue weighted by Gasteiger charge is 2.39. The Bertz CT molecular complexity index is 1010. The number of ether oxygens (including phenoxy) is 2. The Morgan fingerprint density at radius 3 is 2.39 bits per heavy atom. The smallest absolute Gasteiger partial charge is 0.278 e. The molecule has 3 rings (SSSR count). The molecule has 0 spiro atoms. The lowest BCUT2D eigenvalue weighted by Gasteiger charge is -2.15. The Labute approximate surface area is 180 Å². The Kier molecular flexibility index (Phi) is 7.04. The van der Waals surface area contributed by atoms with Crippen LogP contribution in [0.3, 0.4) is 0 Å². The van der Waals surface area contributed by atoms with Crippen LogP contribution in [0.5, 0.6) is 5.75 Å². The van der Waals surface area contributed by atoms with Gasteiger partial charge in [0, 0.05) is 19.7 Å². The van der Waals surface area contributed by atoms with Crippen LogP contribution in [0.1, 0.15) is 19.4 Å². The summed E-state index contributed by atoms with van der Waals surface area (Å²) in [6.07, 6.45) is 0. The Morgan fingerprint density at radius 1 is 1.03 bits per heavy atom. The van der Waals surface area contributed by atoms with Crippen molar-refractivity contribution in [1.82, 2.24) is 4.90 Å². The normalized spacial score (nSPS) is 13.6. The van der Waals surface area contributed by atoms with E-state index in [1.165, 1.54) is 14.0 Å². The van der Waals surface area contributed by atoms with E-state index in [1.807, 2.05) is 19.1 Å². The fourth-order valence-electron chi connectivity index (χ4n) is 3.25. The summed E-state index contributed by atoms with van der Waals surface area (Å²) in [5, 5.41) is 5.79. The molecule has 31 heavy (non-hydrogen) atoms. The molecule has 0 saturated carbocycles. The van der Waals surface area contributed by atoms with Gasteiger partial charge in [-0.15, -0.1) is 0 Å². The summed E-state index contributed by atoms with van der Waals surface area (Å²) in [6, 6.07) is 14.0.